The van der Waals surface area contributed by atoms with E-state index in [1.165, 1.54) is 12.0 Å². The molecule has 0 N–H and O–H groups in total. The van der Waals surface area contributed by atoms with E-state index in [0.717, 1.165) is 44.9 Å². The Morgan fingerprint density at radius 3 is 2.83 bits per heavy atom. The molecule has 1 aromatic carbocycles. The Kier molecular flexibility index (Phi) is 5.68. The number of benzene rings is 1. The maximum Gasteiger partial charge on any atom is 0.253 e. The fourth-order valence-corrected chi connectivity index (χ4v) is 3.52. The average molecular weight is 316 g/mol. The minimum absolute atomic E-state index is 0.192. The first-order chi connectivity index (χ1) is 11.2. The summed E-state index contributed by atoms with van der Waals surface area (Å²) in [6.45, 7) is 7.21. The molecule has 4 heteroatoms. The van der Waals surface area contributed by atoms with Gasteiger partial charge in [-0.3, -0.25) is 9.69 Å². The molecule has 0 saturated carbocycles. The van der Waals surface area contributed by atoms with Gasteiger partial charge < -0.3 is 9.64 Å². The van der Waals surface area contributed by atoms with Gasteiger partial charge in [0.1, 0.15) is 6.10 Å². The van der Waals surface area contributed by atoms with E-state index in [0.29, 0.717) is 13.2 Å². The lowest BCUT2D eigenvalue weighted by molar-refractivity contribution is -0.149. The molecule has 2 aliphatic rings. The van der Waals surface area contributed by atoms with E-state index < -0.39 is 0 Å². The molecule has 2 atom stereocenters. The van der Waals surface area contributed by atoms with Crippen LogP contribution in [0.3, 0.4) is 0 Å². The molecule has 0 unspecified atom stereocenters. The molecule has 2 aliphatic heterocycles. The second-order valence-electron chi connectivity index (χ2n) is 6.94. The standard InChI is InChI=1S/C19H28N2O2/c1-16-6-5-10-21(11-9-16)19(22)18-15-20(12-13-23-18)14-17-7-3-2-4-8-17/h2-4,7-8,16,18H,5-6,9-15H2,1H3/t16-,18+/m0/s1. The van der Waals surface area contributed by atoms with Crippen molar-refractivity contribution in [3.05, 3.63) is 35.9 Å². The van der Waals surface area contributed by atoms with E-state index in [1.807, 2.05) is 11.0 Å². The van der Waals surface area contributed by atoms with Crippen molar-refractivity contribution >= 4 is 5.91 Å². The molecule has 2 saturated heterocycles. The predicted molar refractivity (Wildman–Crippen MR) is 91.1 cm³/mol. The third-order valence-corrected chi connectivity index (χ3v) is 5.00. The second-order valence-corrected chi connectivity index (χ2v) is 6.94. The first kappa shape index (κ1) is 16.5. The van der Waals surface area contributed by atoms with Gasteiger partial charge in [-0.05, 0) is 30.7 Å². The lowest BCUT2D eigenvalue weighted by Crippen LogP contribution is -2.51. The number of carbonyl (C=O) groups is 1. The monoisotopic (exact) mass is 316 g/mol. The third kappa shape index (κ3) is 4.55. The fraction of sp³-hybridized carbons (Fsp3) is 0.632. The van der Waals surface area contributed by atoms with Crippen molar-refractivity contribution in [2.75, 3.05) is 32.8 Å². The van der Waals surface area contributed by atoms with E-state index in [1.54, 1.807) is 0 Å². The molecule has 0 aromatic heterocycles. The Bertz CT molecular complexity index is 505. The van der Waals surface area contributed by atoms with Crippen LogP contribution in [0.4, 0.5) is 0 Å². The van der Waals surface area contributed by atoms with Crippen molar-refractivity contribution in [2.45, 2.75) is 38.8 Å². The molecule has 0 spiro atoms. The van der Waals surface area contributed by atoms with Crippen LogP contribution in [0, 0.1) is 5.92 Å². The Morgan fingerprint density at radius 2 is 2.00 bits per heavy atom. The van der Waals surface area contributed by atoms with Crippen LogP contribution >= 0.6 is 0 Å². The van der Waals surface area contributed by atoms with Gasteiger partial charge in [-0.1, -0.05) is 37.3 Å². The Balaban J connectivity index is 1.56. The predicted octanol–water partition coefficient (Wildman–Crippen LogP) is 2.54. The molecule has 2 heterocycles. The number of morpholine rings is 1. The lowest BCUT2D eigenvalue weighted by atomic mass is 10.0. The number of amides is 1. The molecule has 2 fully saturated rings. The Morgan fingerprint density at radius 1 is 1.17 bits per heavy atom. The molecule has 0 aliphatic carbocycles. The summed E-state index contributed by atoms with van der Waals surface area (Å²) in [6, 6.07) is 10.5. The third-order valence-electron chi connectivity index (χ3n) is 5.00. The van der Waals surface area contributed by atoms with Crippen molar-refractivity contribution in [3.63, 3.8) is 0 Å². The zero-order chi connectivity index (χ0) is 16.1. The van der Waals surface area contributed by atoms with Crippen LogP contribution in [-0.2, 0) is 16.1 Å². The van der Waals surface area contributed by atoms with Crippen molar-refractivity contribution in [2.24, 2.45) is 5.92 Å². The Hall–Kier alpha value is -1.39. The van der Waals surface area contributed by atoms with Gasteiger partial charge in [-0.2, -0.15) is 0 Å². The largest absolute Gasteiger partial charge is 0.366 e. The number of hydrogen-bond donors (Lipinski definition) is 0. The number of likely N-dealkylation sites (tertiary alicyclic amines) is 1. The van der Waals surface area contributed by atoms with Crippen molar-refractivity contribution < 1.29 is 9.53 Å². The van der Waals surface area contributed by atoms with E-state index in [2.05, 4.69) is 36.1 Å². The number of rotatable bonds is 3. The molecule has 1 amide bonds. The van der Waals surface area contributed by atoms with Crippen LogP contribution in [0.15, 0.2) is 30.3 Å². The van der Waals surface area contributed by atoms with Crippen LogP contribution in [-0.4, -0.2) is 54.6 Å². The van der Waals surface area contributed by atoms with Gasteiger partial charge in [0, 0.05) is 32.7 Å². The summed E-state index contributed by atoms with van der Waals surface area (Å²) >= 11 is 0. The molecule has 0 bridgehead atoms. The highest BCUT2D eigenvalue weighted by molar-refractivity contribution is 5.81. The molecule has 23 heavy (non-hydrogen) atoms. The zero-order valence-corrected chi connectivity index (χ0v) is 14.1. The topological polar surface area (TPSA) is 32.8 Å². The minimum Gasteiger partial charge on any atom is -0.366 e. The van der Waals surface area contributed by atoms with Crippen molar-refractivity contribution in [3.8, 4) is 0 Å². The first-order valence-corrected chi connectivity index (χ1v) is 8.89. The molecule has 0 radical (unpaired) electrons. The summed E-state index contributed by atoms with van der Waals surface area (Å²) in [4.78, 5) is 17.1. The number of ether oxygens (including phenoxy) is 1. The smallest absolute Gasteiger partial charge is 0.253 e. The highest BCUT2D eigenvalue weighted by atomic mass is 16.5. The van der Waals surface area contributed by atoms with E-state index in [-0.39, 0.29) is 12.0 Å². The number of hydrogen-bond acceptors (Lipinski definition) is 3. The van der Waals surface area contributed by atoms with Gasteiger partial charge in [-0.15, -0.1) is 0 Å². The van der Waals surface area contributed by atoms with Crippen LogP contribution in [0.2, 0.25) is 0 Å². The maximum absolute atomic E-state index is 12.8. The molecular formula is C19H28N2O2. The summed E-state index contributed by atoms with van der Waals surface area (Å²) in [6.07, 6.45) is 3.18. The average Bonchev–Trinajstić information content (AvgIpc) is 2.80. The SMILES string of the molecule is C[C@H]1CCCN(C(=O)[C@H]2CN(Cc3ccccc3)CCO2)CC1. The van der Waals surface area contributed by atoms with E-state index in [9.17, 15) is 4.79 Å². The summed E-state index contributed by atoms with van der Waals surface area (Å²) in [5.74, 6) is 0.923. The van der Waals surface area contributed by atoms with Gasteiger partial charge in [0.05, 0.1) is 6.61 Å². The maximum atomic E-state index is 12.8. The van der Waals surface area contributed by atoms with Crippen molar-refractivity contribution in [1.29, 1.82) is 0 Å². The van der Waals surface area contributed by atoms with Crippen LogP contribution in [0.25, 0.3) is 0 Å². The molecule has 3 rings (SSSR count). The molecule has 4 nitrogen and oxygen atoms in total. The minimum atomic E-state index is -0.291. The summed E-state index contributed by atoms with van der Waals surface area (Å²) < 4.78 is 5.80. The highest BCUT2D eigenvalue weighted by Gasteiger charge is 2.30. The number of carbonyl (C=O) groups excluding carboxylic acids is 1. The van der Waals surface area contributed by atoms with Gasteiger partial charge in [0.2, 0.25) is 0 Å². The Labute approximate surface area is 139 Å². The normalized spacial score (nSPS) is 26.7. The first-order valence-electron chi connectivity index (χ1n) is 8.89. The highest BCUT2D eigenvalue weighted by Crippen LogP contribution is 2.19. The zero-order valence-electron chi connectivity index (χ0n) is 14.1. The van der Waals surface area contributed by atoms with E-state index in [4.69, 9.17) is 4.74 Å². The van der Waals surface area contributed by atoms with E-state index >= 15 is 0 Å². The van der Waals surface area contributed by atoms with Gasteiger partial charge in [0.25, 0.3) is 5.91 Å². The van der Waals surface area contributed by atoms with Crippen LogP contribution in [0.1, 0.15) is 31.7 Å². The van der Waals surface area contributed by atoms with Crippen LogP contribution in [0.5, 0.6) is 0 Å². The molecule has 1 aromatic rings. The van der Waals surface area contributed by atoms with Gasteiger partial charge in [-0.25, -0.2) is 0 Å². The van der Waals surface area contributed by atoms with Crippen LogP contribution < -0.4 is 0 Å². The molecular weight excluding hydrogens is 288 g/mol. The molecule has 126 valence electrons. The summed E-state index contributed by atoms with van der Waals surface area (Å²) in [5, 5.41) is 0. The second kappa shape index (κ2) is 7.93. The summed E-state index contributed by atoms with van der Waals surface area (Å²) in [7, 11) is 0. The summed E-state index contributed by atoms with van der Waals surface area (Å²) in [5.41, 5.74) is 1.30. The van der Waals surface area contributed by atoms with Gasteiger partial charge in [0.15, 0.2) is 0 Å². The van der Waals surface area contributed by atoms with Crippen molar-refractivity contribution in [1.82, 2.24) is 9.80 Å². The fourth-order valence-electron chi connectivity index (χ4n) is 3.52. The number of nitrogens with zero attached hydrogens (tertiary/aromatic N) is 2. The van der Waals surface area contributed by atoms with Gasteiger partial charge >= 0.3 is 0 Å². The quantitative estimate of drug-likeness (QED) is 0.859. The lowest BCUT2D eigenvalue weighted by Gasteiger charge is -2.34.